The summed E-state index contributed by atoms with van der Waals surface area (Å²) in [5, 5.41) is 8.74. The van der Waals surface area contributed by atoms with Crippen molar-refractivity contribution in [2.45, 2.75) is 44.4 Å². The Morgan fingerprint density at radius 1 is 1.00 bits per heavy atom. The van der Waals surface area contributed by atoms with Crippen molar-refractivity contribution in [1.82, 2.24) is 9.96 Å². The summed E-state index contributed by atoms with van der Waals surface area (Å²) in [6, 6.07) is 0. The molecule has 11 heteroatoms. The number of hydrogen-bond acceptors (Lipinski definition) is 6. The lowest BCUT2D eigenvalue weighted by molar-refractivity contribution is -0.192. The average molecular weight is 452 g/mol. The molecule has 4 aliphatic rings. The molecular formula is C20H31F3N2O6. The highest BCUT2D eigenvalue weighted by Gasteiger charge is 2.44. The number of halogens is 3. The molecule has 8 nitrogen and oxygen atoms in total. The molecule has 1 N–H and O–H groups in total. The van der Waals surface area contributed by atoms with Gasteiger partial charge in [-0.2, -0.15) is 13.2 Å². The van der Waals surface area contributed by atoms with Crippen LogP contribution in [0.5, 0.6) is 0 Å². The van der Waals surface area contributed by atoms with Crippen LogP contribution < -0.4 is 0 Å². The van der Waals surface area contributed by atoms with Gasteiger partial charge in [-0.25, -0.2) is 9.86 Å². The van der Waals surface area contributed by atoms with Crippen LogP contribution >= 0.6 is 0 Å². The maximum absolute atomic E-state index is 12.9. The van der Waals surface area contributed by atoms with Crippen LogP contribution in [0.1, 0.15) is 32.1 Å². The molecular weight excluding hydrogens is 421 g/mol. The van der Waals surface area contributed by atoms with Gasteiger partial charge in [0, 0.05) is 51.3 Å². The van der Waals surface area contributed by atoms with Gasteiger partial charge < -0.3 is 19.5 Å². The zero-order chi connectivity index (χ0) is 22.4. The molecule has 0 saturated carbocycles. The van der Waals surface area contributed by atoms with Gasteiger partial charge in [0.2, 0.25) is 5.91 Å². The molecule has 1 amide bonds. The number of fused-ring (bicyclic) bond motifs is 1. The minimum atomic E-state index is -5.08. The Hall–Kier alpha value is -1.43. The van der Waals surface area contributed by atoms with Gasteiger partial charge in [0.15, 0.2) is 0 Å². The summed E-state index contributed by atoms with van der Waals surface area (Å²) in [5.41, 5.74) is 0. The summed E-state index contributed by atoms with van der Waals surface area (Å²) in [4.78, 5) is 29.8. The summed E-state index contributed by atoms with van der Waals surface area (Å²) in [6.07, 6.45) is 0.361. The zero-order valence-corrected chi connectivity index (χ0v) is 17.5. The van der Waals surface area contributed by atoms with Gasteiger partial charge in [-0.3, -0.25) is 9.63 Å². The molecule has 4 rings (SSSR count). The summed E-state index contributed by atoms with van der Waals surface area (Å²) < 4.78 is 43.2. The van der Waals surface area contributed by atoms with Crippen LogP contribution in [0, 0.1) is 17.8 Å². The van der Waals surface area contributed by atoms with Crippen molar-refractivity contribution < 1.29 is 42.2 Å². The van der Waals surface area contributed by atoms with Gasteiger partial charge in [0.1, 0.15) is 0 Å². The molecule has 0 radical (unpaired) electrons. The van der Waals surface area contributed by atoms with Gasteiger partial charge in [0.25, 0.3) is 0 Å². The molecule has 31 heavy (non-hydrogen) atoms. The topological polar surface area (TPSA) is 88.5 Å². The zero-order valence-electron chi connectivity index (χ0n) is 17.5. The predicted molar refractivity (Wildman–Crippen MR) is 102 cm³/mol. The quantitative estimate of drug-likeness (QED) is 0.700. The number of carbonyl (C=O) groups is 2. The normalized spacial score (nSPS) is 30.3. The van der Waals surface area contributed by atoms with Crippen molar-refractivity contribution in [1.29, 1.82) is 0 Å². The van der Waals surface area contributed by atoms with Crippen LogP contribution in [0.3, 0.4) is 0 Å². The molecule has 0 bridgehead atoms. The highest BCUT2D eigenvalue weighted by molar-refractivity contribution is 5.78. The minimum Gasteiger partial charge on any atom is -0.475 e. The van der Waals surface area contributed by atoms with Crippen molar-refractivity contribution >= 4 is 11.9 Å². The molecule has 4 fully saturated rings. The standard InChI is InChI=1S/C18H30N2O4.C2HF3O2/c21-18(20-6-1-8-24-20)15-5-11-23-17-2-7-19(13-16(15)17)12-14-3-9-22-10-4-14;3-2(4,5)1(6)7/h14-17H,1-13H2;(H,6,7)/t15-,16+,17-;/m1./s1. The summed E-state index contributed by atoms with van der Waals surface area (Å²) in [6.45, 7) is 7.19. The molecule has 4 saturated heterocycles. The number of rotatable bonds is 3. The number of aliphatic carboxylic acids is 1. The molecule has 0 aromatic heterocycles. The highest BCUT2D eigenvalue weighted by atomic mass is 19.4. The van der Waals surface area contributed by atoms with Crippen LogP contribution in [0.25, 0.3) is 0 Å². The third kappa shape index (κ3) is 6.77. The number of alkyl halides is 3. The van der Waals surface area contributed by atoms with E-state index in [2.05, 4.69) is 4.90 Å². The summed E-state index contributed by atoms with van der Waals surface area (Å²) in [5.74, 6) is -1.43. The first-order valence-electron chi connectivity index (χ1n) is 10.9. The van der Waals surface area contributed by atoms with Crippen LogP contribution in [0.15, 0.2) is 0 Å². The number of amides is 1. The van der Waals surface area contributed by atoms with E-state index in [1.807, 2.05) is 0 Å². The summed E-state index contributed by atoms with van der Waals surface area (Å²) >= 11 is 0. The first kappa shape index (κ1) is 24.2. The van der Waals surface area contributed by atoms with Crippen molar-refractivity contribution in [3.8, 4) is 0 Å². The van der Waals surface area contributed by atoms with Crippen LogP contribution in [-0.2, 0) is 23.9 Å². The van der Waals surface area contributed by atoms with E-state index in [4.69, 9.17) is 24.2 Å². The molecule has 4 heterocycles. The fraction of sp³-hybridized carbons (Fsp3) is 0.900. The van der Waals surface area contributed by atoms with Crippen molar-refractivity contribution in [2.75, 3.05) is 52.6 Å². The lowest BCUT2D eigenvalue weighted by Crippen LogP contribution is -2.54. The minimum absolute atomic E-state index is 0.0688. The number of hydroxylamine groups is 2. The van der Waals surface area contributed by atoms with Crippen molar-refractivity contribution in [3.63, 3.8) is 0 Å². The van der Waals surface area contributed by atoms with E-state index in [1.165, 1.54) is 12.8 Å². The van der Waals surface area contributed by atoms with E-state index >= 15 is 0 Å². The third-order valence-electron chi connectivity index (χ3n) is 6.37. The van der Waals surface area contributed by atoms with Gasteiger partial charge in [-0.05, 0) is 38.0 Å². The molecule has 0 aromatic carbocycles. The fourth-order valence-corrected chi connectivity index (χ4v) is 4.76. The largest absolute Gasteiger partial charge is 0.490 e. The molecule has 0 unspecified atom stereocenters. The summed E-state index contributed by atoms with van der Waals surface area (Å²) in [7, 11) is 0. The molecule has 0 aromatic rings. The number of nitrogens with zero attached hydrogens (tertiary/aromatic N) is 2. The Balaban J connectivity index is 0.000000339. The predicted octanol–water partition coefficient (Wildman–Crippen LogP) is 1.94. The molecule has 0 spiro atoms. The van der Waals surface area contributed by atoms with E-state index in [0.29, 0.717) is 19.1 Å². The van der Waals surface area contributed by atoms with Gasteiger partial charge in [-0.15, -0.1) is 0 Å². The first-order chi connectivity index (χ1) is 14.8. The van der Waals surface area contributed by atoms with E-state index in [-0.39, 0.29) is 17.9 Å². The third-order valence-corrected chi connectivity index (χ3v) is 6.37. The van der Waals surface area contributed by atoms with E-state index in [0.717, 1.165) is 64.6 Å². The van der Waals surface area contributed by atoms with Crippen LogP contribution in [0.4, 0.5) is 13.2 Å². The monoisotopic (exact) mass is 452 g/mol. The molecule has 0 aliphatic carbocycles. The van der Waals surface area contributed by atoms with Crippen LogP contribution in [-0.4, -0.2) is 91.8 Å². The number of carboxylic acid groups (broad SMARTS) is 1. The van der Waals surface area contributed by atoms with Crippen molar-refractivity contribution in [2.24, 2.45) is 17.8 Å². The Morgan fingerprint density at radius 3 is 2.32 bits per heavy atom. The second kappa shape index (κ2) is 10.9. The Kier molecular flexibility index (Phi) is 8.54. The Labute approximate surface area is 179 Å². The second-order valence-electron chi connectivity index (χ2n) is 8.50. The number of piperidine rings is 1. The maximum atomic E-state index is 12.9. The number of carboxylic acids is 1. The van der Waals surface area contributed by atoms with Gasteiger partial charge in [-0.1, -0.05) is 0 Å². The second-order valence-corrected chi connectivity index (χ2v) is 8.50. The number of carbonyl (C=O) groups excluding carboxylic acids is 1. The van der Waals surface area contributed by atoms with E-state index < -0.39 is 12.1 Å². The molecule has 178 valence electrons. The first-order valence-corrected chi connectivity index (χ1v) is 10.9. The Morgan fingerprint density at radius 2 is 1.71 bits per heavy atom. The Bertz CT molecular complexity index is 608. The molecule has 4 aliphatic heterocycles. The average Bonchev–Trinajstić information content (AvgIpc) is 3.28. The van der Waals surface area contributed by atoms with E-state index in [1.54, 1.807) is 5.06 Å². The number of hydrogen-bond donors (Lipinski definition) is 1. The smallest absolute Gasteiger partial charge is 0.475 e. The lowest BCUT2D eigenvalue weighted by atomic mass is 9.78. The molecule has 3 atom stereocenters. The fourth-order valence-electron chi connectivity index (χ4n) is 4.76. The maximum Gasteiger partial charge on any atom is 0.490 e. The van der Waals surface area contributed by atoms with Gasteiger partial charge in [0.05, 0.1) is 19.3 Å². The number of ether oxygens (including phenoxy) is 2. The lowest BCUT2D eigenvalue weighted by Gasteiger charge is -2.45. The van der Waals surface area contributed by atoms with Gasteiger partial charge >= 0.3 is 12.1 Å². The number of likely N-dealkylation sites (tertiary alicyclic amines) is 1. The van der Waals surface area contributed by atoms with E-state index in [9.17, 15) is 18.0 Å². The SMILES string of the molecule is O=C(O)C(F)(F)F.O=C([C@@H]1CCO[C@@H]2CCN(CC3CCOCC3)C[C@H]21)N1CCCO1. The van der Waals surface area contributed by atoms with Crippen LogP contribution in [0.2, 0.25) is 0 Å². The highest BCUT2D eigenvalue weighted by Crippen LogP contribution is 2.35. The van der Waals surface area contributed by atoms with Crippen molar-refractivity contribution in [3.05, 3.63) is 0 Å².